The van der Waals surface area contributed by atoms with Crippen LogP contribution in [0.2, 0.25) is 5.02 Å². The number of pyridine rings is 1. The molecule has 0 aliphatic heterocycles. The number of hydrogen-bond donors (Lipinski definition) is 2. The Labute approximate surface area is 147 Å². The third-order valence-electron chi connectivity index (χ3n) is 3.45. The van der Waals surface area contributed by atoms with Crippen LogP contribution in [0.3, 0.4) is 0 Å². The van der Waals surface area contributed by atoms with E-state index in [0.29, 0.717) is 21.8 Å². The number of benzene rings is 1. The van der Waals surface area contributed by atoms with Gasteiger partial charge in [0.1, 0.15) is 11.9 Å². The minimum absolute atomic E-state index is 0.338. The first-order chi connectivity index (χ1) is 11.5. The molecule has 24 heavy (non-hydrogen) atoms. The van der Waals surface area contributed by atoms with Gasteiger partial charge in [-0.2, -0.15) is 11.3 Å². The van der Waals surface area contributed by atoms with Crippen LogP contribution in [-0.2, 0) is 4.79 Å². The molecule has 122 valence electrons. The number of thiophene rings is 1. The Kier molecular flexibility index (Phi) is 4.78. The molecule has 3 N–H and O–H groups in total. The molecule has 4 nitrogen and oxygen atoms in total. The number of anilines is 1. The minimum atomic E-state index is -0.683. The van der Waals surface area contributed by atoms with Crippen molar-refractivity contribution in [3.8, 4) is 11.1 Å². The molecule has 3 rings (SSSR count). The number of aromatic nitrogens is 1. The number of carbonyl (C=O) groups is 1. The van der Waals surface area contributed by atoms with E-state index in [1.807, 2.05) is 16.8 Å². The van der Waals surface area contributed by atoms with Crippen molar-refractivity contribution in [2.24, 2.45) is 5.73 Å². The molecule has 0 aliphatic carbocycles. The van der Waals surface area contributed by atoms with Crippen molar-refractivity contribution in [2.75, 3.05) is 5.32 Å². The molecule has 0 aliphatic rings. The van der Waals surface area contributed by atoms with Gasteiger partial charge in [-0.05, 0) is 46.7 Å². The smallest absolute Gasteiger partial charge is 0.244 e. The molecule has 2 heterocycles. The van der Waals surface area contributed by atoms with Gasteiger partial charge in [-0.3, -0.25) is 9.78 Å². The van der Waals surface area contributed by atoms with Crippen molar-refractivity contribution in [1.29, 1.82) is 0 Å². The van der Waals surface area contributed by atoms with E-state index in [-0.39, 0.29) is 0 Å². The molecule has 1 amide bonds. The van der Waals surface area contributed by atoms with Gasteiger partial charge >= 0.3 is 0 Å². The predicted molar refractivity (Wildman–Crippen MR) is 94.5 cm³/mol. The highest BCUT2D eigenvalue weighted by Gasteiger charge is 2.18. The van der Waals surface area contributed by atoms with Crippen LogP contribution >= 0.6 is 22.9 Å². The molecule has 1 atom stereocenters. The van der Waals surface area contributed by atoms with E-state index in [1.54, 1.807) is 12.3 Å². The molecule has 0 bridgehead atoms. The molecule has 1 aromatic carbocycles. The van der Waals surface area contributed by atoms with E-state index in [4.69, 9.17) is 17.3 Å². The Morgan fingerprint density at radius 1 is 1.29 bits per heavy atom. The summed E-state index contributed by atoms with van der Waals surface area (Å²) >= 11 is 7.41. The fourth-order valence-corrected chi connectivity index (χ4v) is 3.17. The van der Waals surface area contributed by atoms with Crippen LogP contribution < -0.4 is 11.1 Å². The first-order valence-electron chi connectivity index (χ1n) is 7.03. The molecule has 0 saturated carbocycles. The van der Waals surface area contributed by atoms with E-state index >= 15 is 0 Å². The largest absolute Gasteiger partial charge is 0.369 e. The summed E-state index contributed by atoms with van der Waals surface area (Å²) in [4.78, 5) is 15.8. The van der Waals surface area contributed by atoms with E-state index in [9.17, 15) is 9.18 Å². The predicted octanol–water partition coefficient (Wildman–Crippen LogP) is 4.24. The van der Waals surface area contributed by atoms with Gasteiger partial charge in [0.2, 0.25) is 5.91 Å². The maximum Gasteiger partial charge on any atom is 0.244 e. The Hall–Kier alpha value is -2.44. The zero-order valence-corrected chi connectivity index (χ0v) is 13.9. The minimum Gasteiger partial charge on any atom is -0.369 e. The molecule has 7 heteroatoms. The summed E-state index contributed by atoms with van der Waals surface area (Å²) in [5, 5.41) is 7.18. The Morgan fingerprint density at radius 2 is 2.12 bits per heavy atom. The number of amides is 1. The third-order valence-corrected chi connectivity index (χ3v) is 4.39. The third kappa shape index (κ3) is 3.55. The Bertz CT molecular complexity index is 870. The van der Waals surface area contributed by atoms with Crippen molar-refractivity contribution >= 4 is 34.5 Å². The van der Waals surface area contributed by atoms with Gasteiger partial charge in [-0.25, -0.2) is 4.39 Å². The lowest BCUT2D eigenvalue weighted by molar-refractivity contribution is -0.118. The van der Waals surface area contributed by atoms with Crippen LogP contribution in [0.5, 0.6) is 0 Å². The van der Waals surface area contributed by atoms with Crippen LogP contribution in [0.25, 0.3) is 11.1 Å². The molecule has 0 saturated heterocycles. The van der Waals surface area contributed by atoms with Gasteiger partial charge in [-0.1, -0.05) is 11.6 Å². The average Bonchev–Trinajstić information content (AvgIpc) is 3.09. The highest BCUT2D eigenvalue weighted by Crippen LogP contribution is 2.28. The first kappa shape index (κ1) is 16.4. The zero-order valence-electron chi connectivity index (χ0n) is 12.4. The lowest BCUT2D eigenvalue weighted by Crippen LogP contribution is -2.27. The summed E-state index contributed by atoms with van der Waals surface area (Å²) in [5.74, 6) is -0.907. The second-order valence-electron chi connectivity index (χ2n) is 5.12. The number of hydrogen-bond acceptors (Lipinski definition) is 4. The summed E-state index contributed by atoms with van der Waals surface area (Å²) < 4.78 is 14.0. The summed E-state index contributed by atoms with van der Waals surface area (Å²) in [7, 11) is 0. The fraction of sp³-hybridized carbons (Fsp3) is 0.0588. The van der Waals surface area contributed by atoms with Crippen LogP contribution in [0.4, 0.5) is 10.1 Å². The molecular weight excluding hydrogens is 349 g/mol. The molecule has 0 spiro atoms. The summed E-state index contributed by atoms with van der Waals surface area (Å²) in [6, 6.07) is 7.15. The second-order valence-corrected chi connectivity index (χ2v) is 6.34. The van der Waals surface area contributed by atoms with Gasteiger partial charge in [0, 0.05) is 22.3 Å². The lowest BCUT2D eigenvalue weighted by atomic mass is 10.1. The SMILES string of the molecule is NC(=O)C(Nc1cncc(-c2cc(Cl)ccc2F)c1)c1ccsc1. The molecule has 2 aromatic heterocycles. The Morgan fingerprint density at radius 3 is 2.83 bits per heavy atom. The van der Waals surface area contributed by atoms with E-state index in [0.717, 1.165) is 5.56 Å². The van der Waals surface area contributed by atoms with E-state index in [1.165, 1.54) is 35.7 Å². The molecule has 0 fully saturated rings. The van der Waals surface area contributed by atoms with Crippen molar-refractivity contribution in [3.63, 3.8) is 0 Å². The molecule has 1 unspecified atom stereocenters. The fourth-order valence-electron chi connectivity index (χ4n) is 2.31. The van der Waals surface area contributed by atoms with Gasteiger partial charge < -0.3 is 11.1 Å². The van der Waals surface area contributed by atoms with Gasteiger partial charge in [0.25, 0.3) is 0 Å². The van der Waals surface area contributed by atoms with Crippen LogP contribution in [-0.4, -0.2) is 10.9 Å². The van der Waals surface area contributed by atoms with E-state index < -0.39 is 17.8 Å². The number of halogens is 2. The topological polar surface area (TPSA) is 68.0 Å². The summed E-state index contributed by atoms with van der Waals surface area (Å²) in [6.07, 6.45) is 3.08. The van der Waals surface area contributed by atoms with E-state index in [2.05, 4.69) is 10.3 Å². The van der Waals surface area contributed by atoms with Crippen LogP contribution in [0.15, 0.2) is 53.5 Å². The van der Waals surface area contributed by atoms with Crippen LogP contribution in [0.1, 0.15) is 11.6 Å². The van der Waals surface area contributed by atoms with Gasteiger partial charge in [-0.15, -0.1) is 0 Å². The van der Waals surface area contributed by atoms with Gasteiger partial charge in [0.05, 0.1) is 11.9 Å². The maximum absolute atomic E-state index is 14.0. The number of carbonyl (C=O) groups excluding carboxylic acids is 1. The maximum atomic E-state index is 14.0. The molecule has 3 aromatic rings. The second kappa shape index (κ2) is 6.98. The average molecular weight is 362 g/mol. The van der Waals surface area contributed by atoms with Gasteiger partial charge in [0.15, 0.2) is 0 Å². The number of rotatable bonds is 5. The normalized spacial score (nSPS) is 11.9. The van der Waals surface area contributed by atoms with Crippen LogP contribution in [0, 0.1) is 5.82 Å². The number of nitrogens with zero attached hydrogens (tertiary/aromatic N) is 1. The monoisotopic (exact) mass is 361 g/mol. The zero-order chi connectivity index (χ0) is 17.1. The highest BCUT2D eigenvalue weighted by atomic mass is 35.5. The first-order valence-corrected chi connectivity index (χ1v) is 8.35. The number of nitrogens with one attached hydrogen (secondary N) is 1. The summed E-state index contributed by atoms with van der Waals surface area (Å²) in [5.41, 5.74) is 7.69. The molecular formula is C17H13ClFN3OS. The van der Waals surface area contributed by atoms with Crippen molar-refractivity contribution in [1.82, 2.24) is 4.98 Å². The standard InChI is InChI=1S/C17H13ClFN3OS/c18-12-1-2-15(19)14(6-12)11-5-13(8-21-7-11)22-16(17(20)23)10-3-4-24-9-10/h1-9,16,22H,(H2,20,23). The highest BCUT2D eigenvalue weighted by molar-refractivity contribution is 7.08. The number of nitrogens with two attached hydrogens (primary N) is 1. The summed E-state index contributed by atoms with van der Waals surface area (Å²) in [6.45, 7) is 0. The lowest BCUT2D eigenvalue weighted by Gasteiger charge is -2.16. The van der Waals surface area contributed by atoms with Crippen molar-refractivity contribution in [2.45, 2.75) is 6.04 Å². The van der Waals surface area contributed by atoms with Crippen molar-refractivity contribution in [3.05, 3.63) is 69.9 Å². The quantitative estimate of drug-likeness (QED) is 0.714. The Balaban J connectivity index is 1.93. The molecule has 0 radical (unpaired) electrons. The number of primary amides is 1. The van der Waals surface area contributed by atoms with Crippen molar-refractivity contribution < 1.29 is 9.18 Å².